The van der Waals surface area contributed by atoms with Crippen LogP contribution >= 0.6 is 0 Å². The number of hydrogen-bond donors (Lipinski definition) is 1. The van der Waals surface area contributed by atoms with Gasteiger partial charge in [-0.1, -0.05) is 0 Å². The van der Waals surface area contributed by atoms with Gasteiger partial charge < -0.3 is 10.2 Å². The molecule has 1 fully saturated rings. The maximum atomic E-state index is 11.3. The molecule has 1 atom stereocenters. The lowest BCUT2D eigenvalue weighted by Gasteiger charge is -2.05. The number of amides is 1. The summed E-state index contributed by atoms with van der Waals surface area (Å²) < 4.78 is 0. The predicted octanol–water partition coefficient (Wildman–Crippen LogP) is -0.145. The largest absolute Gasteiger partial charge is 0.369 e. The van der Waals surface area contributed by atoms with E-state index in [0.717, 1.165) is 19.4 Å². The van der Waals surface area contributed by atoms with Crippen LogP contribution in [0, 0.1) is 0 Å². The summed E-state index contributed by atoms with van der Waals surface area (Å²) >= 11 is 0. The van der Waals surface area contributed by atoms with Crippen molar-refractivity contribution in [3.05, 3.63) is 0 Å². The van der Waals surface area contributed by atoms with Gasteiger partial charge in [0, 0.05) is 14.1 Å². The van der Waals surface area contributed by atoms with Crippen molar-refractivity contribution in [3.63, 3.8) is 0 Å². The molecule has 0 radical (unpaired) electrons. The first-order chi connectivity index (χ1) is 5.70. The van der Waals surface area contributed by atoms with Gasteiger partial charge in [-0.2, -0.15) is 0 Å². The van der Waals surface area contributed by atoms with E-state index in [2.05, 4.69) is 10.3 Å². The Labute approximate surface area is 72.7 Å². The number of nitrogens with zero attached hydrogens (tertiary/aromatic N) is 2. The third kappa shape index (κ3) is 2.62. The highest BCUT2D eigenvalue weighted by Crippen LogP contribution is 2.05. The fraction of sp³-hybridized carbons (Fsp3) is 0.750. The van der Waals surface area contributed by atoms with Gasteiger partial charge >= 0.3 is 0 Å². The smallest absolute Gasteiger partial charge is 0.264 e. The number of rotatable bonds is 2. The third-order valence-corrected chi connectivity index (χ3v) is 1.77. The van der Waals surface area contributed by atoms with Crippen molar-refractivity contribution >= 4 is 12.2 Å². The van der Waals surface area contributed by atoms with Gasteiger partial charge in [0.1, 0.15) is 0 Å². The van der Waals surface area contributed by atoms with Gasteiger partial charge in [0.15, 0.2) is 0 Å². The summed E-state index contributed by atoms with van der Waals surface area (Å²) in [6.07, 6.45) is 3.54. The fourth-order valence-electron chi connectivity index (χ4n) is 1.16. The Hall–Kier alpha value is -0.900. The van der Waals surface area contributed by atoms with E-state index in [-0.39, 0.29) is 11.9 Å². The van der Waals surface area contributed by atoms with Crippen molar-refractivity contribution in [2.75, 3.05) is 20.6 Å². The fourth-order valence-corrected chi connectivity index (χ4v) is 1.16. The Morgan fingerprint density at radius 1 is 1.67 bits per heavy atom. The van der Waals surface area contributed by atoms with E-state index in [1.54, 1.807) is 11.2 Å². The van der Waals surface area contributed by atoms with Gasteiger partial charge in [-0.25, -0.2) is 4.99 Å². The van der Waals surface area contributed by atoms with Gasteiger partial charge in [0.25, 0.3) is 5.91 Å². The molecule has 12 heavy (non-hydrogen) atoms. The second kappa shape index (κ2) is 4.21. The van der Waals surface area contributed by atoms with E-state index in [1.165, 1.54) is 0 Å². The first-order valence-corrected chi connectivity index (χ1v) is 4.18. The molecular formula is C8H15N3O. The molecular weight excluding hydrogens is 154 g/mol. The van der Waals surface area contributed by atoms with Crippen molar-refractivity contribution in [1.29, 1.82) is 0 Å². The van der Waals surface area contributed by atoms with Gasteiger partial charge in [-0.3, -0.25) is 4.79 Å². The van der Waals surface area contributed by atoms with Gasteiger partial charge in [0.05, 0.1) is 12.4 Å². The zero-order chi connectivity index (χ0) is 8.97. The van der Waals surface area contributed by atoms with Crippen molar-refractivity contribution in [2.24, 2.45) is 4.99 Å². The maximum absolute atomic E-state index is 11.3. The lowest BCUT2D eigenvalue weighted by molar-refractivity contribution is -0.119. The molecule has 68 valence electrons. The van der Waals surface area contributed by atoms with Crippen LogP contribution in [0.25, 0.3) is 0 Å². The molecule has 4 heteroatoms. The average molecular weight is 169 g/mol. The zero-order valence-electron chi connectivity index (χ0n) is 7.58. The van der Waals surface area contributed by atoms with Crippen molar-refractivity contribution in [3.8, 4) is 0 Å². The van der Waals surface area contributed by atoms with Gasteiger partial charge in [0.2, 0.25) is 0 Å². The van der Waals surface area contributed by atoms with Crippen LogP contribution in [0.5, 0.6) is 0 Å². The lowest BCUT2D eigenvalue weighted by atomic mass is 10.2. The molecule has 1 aliphatic rings. The normalized spacial score (nSPS) is 23.3. The Bertz CT molecular complexity index is 183. The Balaban J connectivity index is 2.36. The van der Waals surface area contributed by atoms with E-state index in [1.807, 2.05) is 14.1 Å². The zero-order valence-corrected chi connectivity index (χ0v) is 7.58. The van der Waals surface area contributed by atoms with Crippen molar-refractivity contribution < 1.29 is 4.79 Å². The van der Waals surface area contributed by atoms with Crippen molar-refractivity contribution in [2.45, 2.75) is 18.9 Å². The molecule has 1 N–H and O–H groups in total. The topological polar surface area (TPSA) is 44.7 Å². The molecule has 1 heterocycles. The summed E-state index contributed by atoms with van der Waals surface area (Å²) in [5, 5.41) is 3.10. The molecule has 0 aliphatic carbocycles. The van der Waals surface area contributed by atoms with Crippen LogP contribution in [-0.4, -0.2) is 43.8 Å². The highest BCUT2D eigenvalue weighted by Gasteiger charge is 2.20. The van der Waals surface area contributed by atoms with Crippen LogP contribution in [0.2, 0.25) is 0 Å². The molecule has 0 bridgehead atoms. The summed E-state index contributed by atoms with van der Waals surface area (Å²) in [4.78, 5) is 16.8. The SMILES string of the molecule is CN(C)/C=N/C(=O)[C@H]1CCCN1. The molecule has 0 saturated carbocycles. The van der Waals surface area contributed by atoms with Crippen LogP contribution in [0.1, 0.15) is 12.8 Å². The van der Waals surface area contributed by atoms with E-state index >= 15 is 0 Å². The molecule has 1 amide bonds. The molecule has 1 saturated heterocycles. The molecule has 1 rings (SSSR count). The molecule has 4 nitrogen and oxygen atoms in total. The molecule has 0 aromatic carbocycles. The number of aliphatic imine (C=N–C) groups is 1. The van der Waals surface area contributed by atoms with Crippen LogP contribution < -0.4 is 5.32 Å². The predicted molar refractivity (Wildman–Crippen MR) is 48.2 cm³/mol. The second-order valence-electron chi connectivity index (χ2n) is 3.20. The average Bonchev–Trinajstić information content (AvgIpc) is 2.51. The number of hydrogen-bond acceptors (Lipinski definition) is 2. The van der Waals surface area contributed by atoms with Crippen molar-refractivity contribution in [1.82, 2.24) is 10.2 Å². The molecule has 0 unspecified atom stereocenters. The van der Waals surface area contributed by atoms with Gasteiger partial charge in [-0.15, -0.1) is 0 Å². The summed E-state index contributed by atoms with van der Waals surface area (Å²) in [5.74, 6) is -0.0544. The molecule has 1 aliphatic heterocycles. The monoisotopic (exact) mass is 169 g/mol. The molecule has 0 spiro atoms. The highest BCUT2D eigenvalue weighted by molar-refractivity contribution is 5.88. The van der Waals surface area contributed by atoms with E-state index in [4.69, 9.17) is 0 Å². The Morgan fingerprint density at radius 3 is 2.92 bits per heavy atom. The van der Waals surface area contributed by atoms with Crippen LogP contribution in [0.15, 0.2) is 4.99 Å². The highest BCUT2D eigenvalue weighted by atomic mass is 16.1. The number of nitrogens with one attached hydrogen (secondary N) is 1. The standard InChI is InChI=1S/C8H15N3O/c1-11(2)6-10-8(12)7-4-3-5-9-7/h6-7,9H,3-5H2,1-2H3/b10-6+/t7-/m1/s1. The molecule has 0 aromatic heterocycles. The number of carbonyl (C=O) groups is 1. The van der Waals surface area contributed by atoms with Crippen LogP contribution in [-0.2, 0) is 4.79 Å². The lowest BCUT2D eigenvalue weighted by Crippen LogP contribution is -2.30. The Morgan fingerprint density at radius 2 is 2.42 bits per heavy atom. The third-order valence-electron chi connectivity index (χ3n) is 1.77. The molecule has 0 aromatic rings. The summed E-state index contributed by atoms with van der Waals surface area (Å²) in [6, 6.07) is -0.0406. The minimum absolute atomic E-state index is 0.0406. The summed E-state index contributed by atoms with van der Waals surface area (Å²) in [6.45, 7) is 0.938. The Kier molecular flexibility index (Phi) is 3.22. The van der Waals surface area contributed by atoms with Crippen LogP contribution in [0.4, 0.5) is 0 Å². The first-order valence-electron chi connectivity index (χ1n) is 4.18. The second-order valence-corrected chi connectivity index (χ2v) is 3.20. The first kappa shape index (κ1) is 9.19. The summed E-state index contributed by atoms with van der Waals surface area (Å²) in [5.41, 5.74) is 0. The minimum Gasteiger partial charge on any atom is -0.369 e. The minimum atomic E-state index is -0.0544. The van der Waals surface area contributed by atoms with E-state index < -0.39 is 0 Å². The maximum Gasteiger partial charge on any atom is 0.264 e. The summed E-state index contributed by atoms with van der Waals surface area (Å²) in [7, 11) is 3.69. The van der Waals surface area contributed by atoms with Crippen LogP contribution in [0.3, 0.4) is 0 Å². The quantitative estimate of drug-likeness (QED) is 0.462. The van der Waals surface area contributed by atoms with Gasteiger partial charge in [-0.05, 0) is 19.4 Å². The van der Waals surface area contributed by atoms with E-state index in [9.17, 15) is 4.79 Å². The van der Waals surface area contributed by atoms with E-state index in [0.29, 0.717) is 0 Å². The number of carbonyl (C=O) groups excluding carboxylic acids is 1.